The van der Waals surface area contributed by atoms with E-state index in [1.54, 1.807) is 0 Å². The summed E-state index contributed by atoms with van der Waals surface area (Å²) in [6.45, 7) is 7.38. The molecular formula is C85H166O17P2. The monoisotopic (exact) mass is 1520 g/mol. The van der Waals surface area contributed by atoms with Gasteiger partial charge in [-0.25, -0.2) is 9.13 Å². The molecule has 0 aromatic heterocycles. The second-order valence-corrected chi connectivity index (χ2v) is 34.0. The Labute approximate surface area is 638 Å². The van der Waals surface area contributed by atoms with Crippen molar-refractivity contribution in [3.8, 4) is 0 Å². The molecule has 0 saturated carbocycles. The molecule has 0 aromatic rings. The summed E-state index contributed by atoms with van der Waals surface area (Å²) >= 11 is 0. The Morgan fingerprint density at radius 3 is 0.654 bits per heavy atom. The number of unbranched alkanes of at least 4 members (excludes halogenated alkanes) is 57. The summed E-state index contributed by atoms with van der Waals surface area (Å²) < 4.78 is 68.8. The standard InChI is InChI=1S/C85H166O17P2/c1-6-9-12-15-18-21-24-26-28-29-30-31-32-33-34-37-42-46-51-56-61-66-71-85(90)102-81(75-96-83(88)69-64-59-54-49-44-41-38-35-36-39-43-47-52-57-62-67-78(4)5)77-100-104(93,94)98-73-79(86)72-97-103(91,92)99-76-80(74-95-82(87)68-63-58-53-48-23-20-17-14-11-8-3)101-84(89)70-65-60-55-50-45-40-27-25-22-19-16-13-10-7-2/h78-81,86H,6-77H2,1-5H3,(H,91,92)(H,93,94)/t79-,80+,81+/m0/s1. The van der Waals surface area contributed by atoms with E-state index in [-0.39, 0.29) is 25.7 Å². The first-order valence-corrected chi connectivity index (χ1v) is 47.1. The highest BCUT2D eigenvalue weighted by Gasteiger charge is 2.30. The van der Waals surface area contributed by atoms with E-state index in [0.29, 0.717) is 25.7 Å². The van der Waals surface area contributed by atoms with E-state index in [4.69, 9.17) is 37.0 Å². The van der Waals surface area contributed by atoms with Crippen molar-refractivity contribution in [1.29, 1.82) is 0 Å². The fourth-order valence-electron chi connectivity index (χ4n) is 13.3. The van der Waals surface area contributed by atoms with Crippen molar-refractivity contribution in [3.63, 3.8) is 0 Å². The van der Waals surface area contributed by atoms with Gasteiger partial charge in [-0.2, -0.15) is 0 Å². The van der Waals surface area contributed by atoms with Gasteiger partial charge in [0.15, 0.2) is 12.2 Å². The zero-order valence-electron chi connectivity index (χ0n) is 68.2. The van der Waals surface area contributed by atoms with Crippen molar-refractivity contribution in [3.05, 3.63) is 0 Å². The summed E-state index contributed by atoms with van der Waals surface area (Å²) in [6.07, 6.45) is 70.8. The number of phosphoric acid groups is 2. The van der Waals surface area contributed by atoms with E-state index in [1.807, 2.05) is 0 Å². The average Bonchev–Trinajstić information content (AvgIpc) is 0.904. The smallest absolute Gasteiger partial charge is 0.462 e. The van der Waals surface area contributed by atoms with Gasteiger partial charge in [-0.15, -0.1) is 0 Å². The molecule has 19 heteroatoms. The van der Waals surface area contributed by atoms with E-state index in [2.05, 4.69) is 34.6 Å². The second-order valence-electron chi connectivity index (χ2n) is 31.1. The van der Waals surface area contributed by atoms with Gasteiger partial charge in [0.2, 0.25) is 0 Å². The first kappa shape index (κ1) is 102. The molecule has 2 unspecified atom stereocenters. The van der Waals surface area contributed by atoms with E-state index in [0.717, 1.165) is 95.8 Å². The number of hydrogen-bond donors (Lipinski definition) is 3. The van der Waals surface area contributed by atoms with Crippen LogP contribution in [0.25, 0.3) is 0 Å². The van der Waals surface area contributed by atoms with Crippen LogP contribution in [-0.2, 0) is 65.4 Å². The number of carbonyl (C=O) groups is 4. The van der Waals surface area contributed by atoms with Crippen molar-refractivity contribution in [2.24, 2.45) is 5.92 Å². The lowest BCUT2D eigenvalue weighted by molar-refractivity contribution is -0.161. The number of hydrogen-bond acceptors (Lipinski definition) is 15. The quantitative estimate of drug-likeness (QED) is 0.0222. The van der Waals surface area contributed by atoms with Gasteiger partial charge in [-0.05, 0) is 31.6 Å². The molecule has 618 valence electrons. The van der Waals surface area contributed by atoms with Crippen LogP contribution in [0.5, 0.6) is 0 Å². The van der Waals surface area contributed by atoms with E-state index >= 15 is 0 Å². The highest BCUT2D eigenvalue weighted by atomic mass is 31.2. The Balaban J connectivity index is 5.21. The molecule has 0 aliphatic rings. The number of rotatable bonds is 85. The molecule has 0 radical (unpaired) electrons. The van der Waals surface area contributed by atoms with Crippen LogP contribution < -0.4 is 0 Å². The molecule has 104 heavy (non-hydrogen) atoms. The SMILES string of the molecule is CCCCCCCCCCCCCCCCCCCCCCCCC(=O)O[C@H](COC(=O)CCCCCCCCCCCCCCCCCC(C)C)COP(=O)(O)OC[C@@H](O)COP(=O)(O)OC[C@@H](COC(=O)CCCCCCCCCCCC)OC(=O)CCCCCCCCCCCCCCCC. The number of aliphatic hydroxyl groups excluding tert-OH is 1. The van der Waals surface area contributed by atoms with Crippen LogP contribution in [0.1, 0.15) is 458 Å². The Morgan fingerprint density at radius 1 is 0.260 bits per heavy atom. The minimum absolute atomic E-state index is 0.109. The Hall–Kier alpha value is -1.94. The van der Waals surface area contributed by atoms with Gasteiger partial charge >= 0.3 is 39.5 Å². The van der Waals surface area contributed by atoms with Crippen molar-refractivity contribution in [2.45, 2.75) is 477 Å². The largest absolute Gasteiger partial charge is 0.472 e. The van der Waals surface area contributed by atoms with E-state index in [9.17, 15) is 43.2 Å². The molecule has 0 heterocycles. The van der Waals surface area contributed by atoms with Crippen LogP contribution in [0.4, 0.5) is 0 Å². The molecule has 0 saturated heterocycles. The normalized spacial score (nSPS) is 13.8. The summed E-state index contributed by atoms with van der Waals surface area (Å²) in [7, 11) is -9.92. The van der Waals surface area contributed by atoms with E-state index < -0.39 is 97.5 Å². The van der Waals surface area contributed by atoms with Crippen molar-refractivity contribution in [1.82, 2.24) is 0 Å². The molecule has 0 aromatic carbocycles. The van der Waals surface area contributed by atoms with Crippen molar-refractivity contribution >= 4 is 39.5 Å². The molecule has 0 aliphatic carbocycles. The summed E-state index contributed by atoms with van der Waals surface area (Å²) in [5.74, 6) is -1.29. The number of ether oxygens (including phenoxy) is 4. The van der Waals surface area contributed by atoms with Gasteiger partial charge < -0.3 is 33.8 Å². The summed E-state index contributed by atoms with van der Waals surface area (Å²) in [4.78, 5) is 73.1. The van der Waals surface area contributed by atoms with Gasteiger partial charge in [0, 0.05) is 25.7 Å². The fraction of sp³-hybridized carbons (Fsp3) is 0.953. The third kappa shape index (κ3) is 78.2. The van der Waals surface area contributed by atoms with Crippen LogP contribution in [0, 0.1) is 5.92 Å². The maximum absolute atomic E-state index is 13.1. The minimum atomic E-state index is -4.96. The third-order valence-corrected chi connectivity index (χ3v) is 21.9. The van der Waals surface area contributed by atoms with E-state index in [1.165, 1.54) is 283 Å². The maximum atomic E-state index is 13.1. The van der Waals surface area contributed by atoms with Gasteiger partial charge in [0.1, 0.15) is 19.3 Å². The number of carbonyl (C=O) groups excluding carboxylic acids is 4. The Morgan fingerprint density at radius 2 is 0.442 bits per heavy atom. The van der Waals surface area contributed by atoms with Crippen molar-refractivity contribution in [2.75, 3.05) is 39.6 Å². The van der Waals surface area contributed by atoms with Crippen LogP contribution in [0.3, 0.4) is 0 Å². The molecule has 0 bridgehead atoms. The average molecular weight is 1520 g/mol. The fourth-order valence-corrected chi connectivity index (χ4v) is 14.9. The minimum Gasteiger partial charge on any atom is -0.462 e. The lowest BCUT2D eigenvalue weighted by Crippen LogP contribution is -2.30. The predicted molar refractivity (Wildman–Crippen MR) is 428 cm³/mol. The molecular weight excluding hydrogens is 1350 g/mol. The van der Waals surface area contributed by atoms with Crippen molar-refractivity contribution < 1.29 is 80.2 Å². The number of phosphoric ester groups is 2. The molecule has 0 aliphatic heterocycles. The Bertz CT molecular complexity index is 1980. The Kier molecular flexibility index (Phi) is 76.3. The third-order valence-electron chi connectivity index (χ3n) is 20.0. The van der Waals surface area contributed by atoms with Crippen LogP contribution in [0.15, 0.2) is 0 Å². The van der Waals surface area contributed by atoms with Crippen LogP contribution >= 0.6 is 15.6 Å². The van der Waals surface area contributed by atoms with Gasteiger partial charge in [-0.1, -0.05) is 407 Å². The zero-order chi connectivity index (χ0) is 76.2. The maximum Gasteiger partial charge on any atom is 0.472 e. The molecule has 0 amide bonds. The molecule has 0 spiro atoms. The summed E-state index contributed by atoms with van der Waals surface area (Å²) in [5.41, 5.74) is 0. The number of aliphatic hydroxyl groups is 1. The zero-order valence-corrected chi connectivity index (χ0v) is 70.0. The first-order valence-electron chi connectivity index (χ1n) is 44.1. The molecule has 3 N–H and O–H groups in total. The highest BCUT2D eigenvalue weighted by molar-refractivity contribution is 7.47. The van der Waals surface area contributed by atoms with Crippen LogP contribution in [-0.4, -0.2) is 96.7 Å². The first-order chi connectivity index (χ1) is 50.5. The summed E-state index contributed by atoms with van der Waals surface area (Å²) in [5, 5.41) is 10.7. The van der Waals surface area contributed by atoms with Gasteiger partial charge in [0.05, 0.1) is 26.4 Å². The highest BCUT2D eigenvalue weighted by Crippen LogP contribution is 2.45. The lowest BCUT2D eigenvalue weighted by Gasteiger charge is -2.21. The number of esters is 4. The summed E-state index contributed by atoms with van der Waals surface area (Å²) in [6, 6.07) is 0. The lowest BCUT2D eigenvalue weighted by atomic mass is 10.0. The van der Waals surface area contributed by atoms with Gasteiger partial charge in [0.25, 0.3) is 0 Å². The molecule has 0 rings (SSSR count). The van der Waals surface area contributed by atoms with Crippen LogP contribution in [0.2, 0.25) is 0 Å². The predicted octanol–water partition coefficient (Wildman–Crippen LogP) is 26.0. The molecule has 5 atom stereocenters. The topological polar surface area (TPSA) is 237 Å². The molecule has 0 fully saturated rings. The second kappa shape index (κ2) is 77.8. The van der Waals surface area contributed by atoms with Gasteiger partial charge in [-0.3, -0.25) is 37.3 Å². The molecule has 17 nitrogen and oxygen atoms in total.